The number of rotatable bonds is 9. The fraction of sp³-hybridized carbons (Fsp3) is 0.559. The highest BCUT2D eigenvalue weighted by molar-refractivity contribution is 5.83. The zero-order valence-corrected chi connectivity index (χ0v) is 25.4. The van der Waals surface area contributed by atoms with Crippen molar-refractivity contribution in [3.8, 4) is 11.5 Å². The van der Waals surface area contributed by atoms with Crippen molar-refractivity contribution >= 4 is 6.03 Å². The maximum atomic E-state index is 14.0. The van der Waals surface area contributed by atoms with Gasteiger partial charge in [-0.25, -0.2) is 4.79 Å². The molecule has 5 rings (SSSR count). The molecule has 1 spiro atoms. The Labute approximate surface area is 240 Å². The van der Waals surface area contributed by atoms with Crippen LogP contribution in [0.3, 0.4) is 0 Å². The van der Waals surface area contributed by atoms with E-state index in [2.05, 4.69) is 78.8 Å². The Hall–Kier alpha value is -2.99. The first-order chi connectivity index (χ1) is 19.4. The van der Waals surface area contributed by atoms with E-state index in [0.717, 1.165) is 76.2 Å². The number of allylic oxidation sites excluding steroid dienone is 1. The van der Waals surface area contributed by atoms with E-state index in [4.69, 9.17) is 9.47 Å². The van der Waals surface area contributed by atoms with Crippen LogP contribution in [0.1, 0.15) is 87.1 Å². The van der Waals surface area contributed by atoms with Gasteiger partial charge in [-0.15, -0.1) is 0 Å². The molecule has 6 nitrogen and oxygen atoms in total. The number of methoxy groups -OCH3 is 2. The number of amides is 2. The lowest BCUT2D eigenvalue weighted by molar-refractivity contribution is 0.0887. The molecular formula is C34H47N3O3. The van der Waals surface area contributed by atoms with Gasteiger partial charge in [0.15, 0.2) is 0 Å². The maximum absolute atomic E-state index is 14.0. The van der Waals surface area contributed by atoms with Crippen LogP contribution >= 0.6 is 0 Å². The van der Waals surface area contributed by atoms with Crippen LogP contribution < -0.4 is 9.47 Å². The summed E-state index contributed by atoms with van der Waals surface area (Å²) in [5.74, 6) is 2.13. The number of benzene rings is 2. The number of hydrogen-bond donors (Lipinski definition) is 0. The number of hydrogen-bond acceptors (Lipinski definition) is 4. The van der Waals surface area contributed by atoms with Gasteiger partial charge in [0.2, 0.25) is 0 Å². The normalized spacial score (nSPS) is 20.3. The second kappa shape index (κ2) is 11.9. The molecule has 2 aromatic carbocycles. The Kier molecular flexibility index (Phi) is 8.46. The van der Waals surface area contributed by atoms with Gasteiger partial charge in [0.25, 0.3) is 0 Å². The van der Waals surface area contributed by atoms with E-state index in [1.54, 1.807) is 14.2 Å². The molecule has 1 unspecified atom stereocenters. The highest BCUT2D eigenvalue weighted by atomic mass is 16.5. The molecule has 2 fully saturated rings. The third-order valence-electron chi connectivity index (χ3n) is 9.42. The van der Waals surface area contributed by atoms with Gasteiger partial charge in [-0.3, -0.25) is 9.80 Å². The van der Waals surface area contributed by atoms with Crippen LogP contribution in [0.25, 0.3) is 0 Å². The molecule has 2 amide bonds. The first-order valence-electron chi connectivity index (χ1n) is 15.3. The molecule has 0 N–H and O–H groups in total. The third kappa shape index (κ3) is 5.00. The van der Waals surface area contributed by atoms with E-state index in [1.165, 1.54) is 33.5 Å². The lowest BCUT2D eigenvalue weighted by Crippen LogP contribution is -2.53. The van der Waals surface area contributed by atoms with E-state index in [1.807, 2.05) is 0 Å². The Balaban J connectivity index is 1.47. The minimum atomic E-state index is -0.240. The molecule has 0 radical (unpaired) electrons. The number of fused-ring (bicyclic) bond motifs is 3. The minimum Gasteiger partial charge on any atom is -0.497 e. The van der Waals surface area contributed by atoms with Gasteiger partial charge in [0, 0.05) is 37.8 Å². The van der Waals surface area contributed by atoms with Crippen molar-refractivity contribution in [3.05, 3.63) is 69.9 Å². The highest BCUT2D eigenvalue weighted by Crippen LogP contribution is 2.49. The summed E-state index contributed by atoms with van der Waals surface area (Å²) in [5.41, 5.74) is 7.62. The van der Waals surface area contributed by atoms with E-state index < -0.39 is 0 Å². The first kappa shape index (κ1) is 28.5. The first-order valence-corrected chi connectivity index (χ1v) is 15.3. The van der Waals surface area contributed by atoms with Crippen LogP contribution in [-0.2, 0) is 25.9 Å². The molecular weight excluding hydrogens is 498 g/mol. The maximum Gasteiger partial charge on any atom is 0.325 e. The number of ether oxygens (including phenoxy) is 2. The molecule has 40 heavy (non-hydrogen) atoms. The number of likely N-dealkylation sites (N-methyl/N-ethyl adjacent to an activating group) is 1. The summed E-state index contributed by atoms with van der Waals surface area (Å²) in [6.45, 7) is 13.0. The summed E-state index contributed by atoms with van der Waals surface area (Å²) in [7, 11) is 3.48. The lowest BCUT2D eigenvalue weighted by Gasteiger charge is -2.44. The molecule has 216 valence electrons. The molecule has 1 atom stereocenters. The molecule has 2 saturated heterocycles. The smallest absolute Gasteiger partial charge is 0.325 e. The van der Waals surface area contributed by atoms with Crippen LogP contribution in [-0.4, -0.2) is 60.1 Å². The molecule has 0 aliphatic carbocycles. The highest BCUT2D eigenvalue weighted by Gasteiger charge is 2.54. The minimum absolute atomic E-state index is 0.159. The van der Waals surface area contributed by atoms with Crippen molar-refractivity contribution in [1.29, 1.82) is 0 Å². The monoisotopic (exact) mass is 545 g/mol. The molecule has 3 aliphatic rings. The predicted molar refractivity (Wildman–Crippen MR) is 161 cm³/mol. The topological polar surface area (TPSA) is 45.2 Å². The Morgan fingerprint density at radius 2 is 1.60 bits per heavy atom. The SMILES string of the molecule is CCCC1C=C2N(Cc3cc(OC)cc(CC)c31)C(=O)N(CC)C21CCN(Cc2cc(CC)cc(OC)c2)CC1. The van der Waals surface area contributed by atoms with Gasteiger partial charge in [-0.1, -0.05) is 39.3 Å². The van der Waals surface area contributed by atoms with Crippen LogP contribution in [0.4, 0.5) is 4.79 Å². The van der Waals surface area contributed by atoms with E-state index >= 15 is 0 Å². The molecule has 2 aromatic rings. The molecule has 0 saturated carbocycles. The summed E-state index contributed by atoms with van der Waals surface area (Å²) >= 11 is 0. The van der Waals surface area contributed by atoms with Crippen molar-refractivity contribution in [3.63, 3.8) is 0 Å². The summed E-state index contributed by atoms with van der Waals surface area (Å²) in [5, 5.41) is 0. The largest absolute Gasteiger partial charge is 0.497 e. The average Bonchev–Trinajstić information content (AvgIpc) is 3.08. The predicted octanol–water partition coefficient (Wildman–Crippen LogP) is 6.90. The summed E-state index contributed by atoms with van der Waals surface area (Å²) < 4.78 is 11.3. The van der Waals surface area contributed by atoms with Gasteiger partial charge >= 0.3 is 6.03 Å². The second-order valence-electron chi connectivity index (χ2n) is 11.6. The zero-order chi connectivity index (χ0) is 28.4. The molecule has 3 heterocycles. The number of nitrogens with zero attached hydrogens (tertiary/aromatic N) is 3. The number of carbonyl (C=O) groups excluding carboxylic acids is 1. The summed E-state index contributed by atoms with van der Waals surface area (Å²) in [4.78, 5) is 20.9. The Bertz CT molecular complexity index is 1240. The van der Waals surface area contributed by atoms with Crippen LogP contribution in [0.2, 0.25) is 0 Å². The fourth-order valence-electron chi connectivity index (χ4n) is 7.41. The van der Waals surface area contributed by atoms with Crippen molar-refractivity contribution in [2.75, 3.05) is 33.9 Å². The second-order valence-corrected chi connectivity index (χ2v) is 11.6. The van der Waals surface area contributed by atoms with Crippen molar-refractivity contribution in [1.82, 2.24) is 14.7 Å². The van der Waals surface area contributed by atoms with Crippen molar-refractivity contribution < 1.29 is 14.3 Å². The number of piperidine rings is 1. The van der Waals surface area contributed by atoms with Gasteiger partial charge in [0.05, 0.1) is 26.3 Å². The van der Waals surface area contributed by atoms with E-state index in [0.29, 0.717) is 12.5 Å². The van der Waals surface area contributed by atoms with E-state index in [9.17, 15) is 4.79 Å². The quantitative estimate of drug-likeness (QED) is 0.344. The Morgan fingerprint density at radius 3 is 2.23 bits per heavy atom. The average molecular weight is 546 g/mol. The van der Waals surface area contributed by atoms with Crippen LogP contribution in [0, 0.1) is 0 Å². The van der Waals surface area contributed by atoms with Gasteiger partial charge in [-0.05, 0) is 91.1 Å². The number of carbonyl (C=O) groups is 1. The Morgan fingerprint density at radius 1 is 0.900 bits per heavy atom. The number of aryl methyl sites for hydroxylation is 2. The van der Waals surface area contributed by atoms with Crippen molar-refractivity contribution in [2.24, 2.45) is 0 Å². The van der Waals surface area contributed by atoms with Crippen molar-refractivity contribution in [2.45, 2.75) is 90.8 Å². The standard InChI is InChI=1S/C34H47N3O3/c1-7-11-27-21-31-34(12-14-35(15-13-34)22-25-16-24(8-2)17-29(18-25)39-5)37(10-4)33(38)36(31)23-28-20-30(40-6)19-26(9-3)32(27)28/h16-21,27H,7-15,22-23H2,1-6H3. The van der Waals surface area contributed by atoms with Gasteiger partial charge in [-0.2, -0.15) is 0 Å². The number of urea groups is 1. The fourth-order valence-corrected chi connectivity index (χ4v) is 7.41. The van der Waals surface area contributed by atoms with Gasteiger partial charge in [0.1, 0.15) is 11.5 Å². The molecule has 3 aliphatic heterocycles. The summed E-state index contributed by atoms with van der Waals surface area (Å²) in [6.07, 6.45) is 8.55. The molecule has 6 heteroatoms. The van der Waals surface area contributed by atoms with Gasteiger partial charge < -0.3 is 14.4 Å². The number of likely N-dealkylation sites (tertiary alicyclic amines) is 1. The molecule has 0 aromatic heterocycles. The lowest BCUT2D eigenvalue weighted by atomic mass is 9.80. The van der Waals surface area contributed by atoms with Crippen LogP contribution in [0.5, 0.6) is 11.5 Å². The summed E-state index contributed by atoms with van der Waals surface area (Å²) in [6, 6.07) is 11.1. The molecule has 0 bridgehead atoms. The zero-order valence-electron chi connectivity index (χ0n) is 25.4. The van der Waals surface area contributed by atoms with E-state index in [-0.39, 0.29) is 11.6 Å². The van der Waals surface area contributed by atoms with Crippen LogP contribution in [0.15, 0.2) is 42.1 Å². The third-order valence-corrected chi connectivity index (χ3v) is 9.42.